The number of hydrogen-bond donors (Lipinski definition) is 2. The van der Waals surface area contributed by atoms with Crippen LogP contribution in [-0.2, 0) is 11.3 Å². The predicted molar refractivity (Wildman–Crippen MR) is 84.4 cm³/mol. The number of amides is 1. The molecule has 1 amide bonds. The van der Waals surface area contributed by atoms with Gasteiger partial charge in [-0.15, -0.1) is 0 Å². The third-order valence-electron chi connectivity index (χ3n) is 3.49. The lowest BCUT2D eigenvalue weighted by Gasteiger charge is -2.37. The zero-order chi connectivity index (χ0) is 15.9. The van der Waals surface area contributed by atoms with E-state index in [0.717, 1.165) is 0 Å². The molecule has 0 radical (unpaired) electrons. The van der Waals surface area contributed by atoms with Crippen LogP contribution < -0.4 is 9.96 Å². The average molecular weight is 339 g/mol. The van der Waals surface area contributed by atoms with Gasteiger partial charge in [-0.1, -0.05) is 47.5 Å². The van der Waals surface area contributed by atoms with Crippen LogP contribution >= 0.6 is 23.2 Å². The van der Waals surface area contributed by atoms with Crippen LogP contribution in [0.15, 0.2) is 42.5 Å². The summed E-state index contributed by atoms with van der Waals surface area (Å²) in [5, 5.41) is 21.1. The second-order valence-corrected chi connectivity index (χ2v) is 5.66. The molecule has 0 saturated carbocycles. The van der Waals surface area contributed by atoms with Crippen LogP contribution in [0.3, 0.4) is 0 Å². The maximum atomic E-state index is 12.3. The maximum absolute atomic E-state index is 12.3. The number of hydroxylamine groups is 1. The highest BCUT2D eigenvalue weighted by atomic mass is 35.5. The van der Waals surface area contributed by atoms with Gasteiger partial charge in [0.05, 0.1) is 22.9 Å². The van der Waals surface area contributed by atoms with Gasteiger partial charge >= 0.3 is 0 Å². The molecule has 1 atom stereocenters. The molecule has 2 N–H and O–H groups in total. The van der Waals surface area contributed by atoms with Crippen molar-refractivity contribution >= 4 is 40.5 Å². The van der Waals surface area contributed by atoms with E-state index in [1.54, 1.807) is 42.5 Å². The van der Waals surface area contributed by atoms with E-state index in [0.29, 0.717) is 26.4 Å². The van der Waals surface area contributed by atoms with Crippen LogP contribution in [0.1, 0.15) is 5.56 Å². The summed E-state index contributed by atoms with van der Waals surface area (Å²) in [6, 6.07) is 11.9. The molecular weight excluding hydrogens is 327 g/mol. The summed E-state index contributed by atoms with van der Waals surface area (Å²) in [4.78, 5) is 13.7. The maximum Gasteiger partial charge on any atom is 0.279 e. The molecule has 0 aliphatic carbocycles. The number of para-hydroxylation sites is 1. The van der Waals surface area contributed by atoms with E-state index < -0.39 is 12.1 Å². The molecule has 0 bridgehead atoms. The normalized spacial score (nSPS) is 17.6. The molecule has 22 heavy (non-hydrogen) atoms. The zero-order valence-corrected chi connectivity index (χ0v) is 12.8. The Morgan fingerprint density at radius 3 is 2.45 bits per heavy atom. The topological polar surface area (TPSA) is 64.0 Å². The molecule has 2 aromatic rings. The van der Waals surface area contributed by atoms with E-state index >= 15 is 0 Å². The highest BCUT2D eigenvalue weighted by Gasteiger charge is 2.38. The average Bonchev–Trinajstić information content (AvgIpc) is 2.51. The largest absolute Gasteiger partial charge is 0.364 e. The van der Waals surface area contributed by atoms with E-state index in [-0.39, 0.29) is 12.2 Å². The Bertz CT molecular complexity index is 738. The number of halogens is 2. The SMILES string of the molecule is O=C1C(O)N(O)c2cccc(Cl)c2N1Cc1ccccc1Cl. The number of aliphatic hydroxyl groups is 1. The van der Waals surface area contributed by atoms with Crippen molar-refractivity contribution in [3.63, 3.8) is 0 Å². The van der Waals surface area contributed by atoms with E-state index in [9.17, 15) is 15.1 Å². The fraction of sp³-hybridized carbons (Fsp3) is 0.133. The van der Waals surface area contributed by atoms with Gasteiger partial charge in [0, 0.05) is 5.02 Å². The summed E-state index contributed by atoms with van der Waals surface area (Å²) in [5.41, 5.74) is 1.30. The van der Waals surface area contributed by atoms with Crippen LogP contribution in [0.25, 0.3) is 0 Å². The smallest absolute Gasteiger partial charge is 0.279 e. The minimum atomic E-state index is -1.69. The number of carbonyl (C=O) groups is 1. The van der Waals surface area contributed by atoms with Gasteiger partial charge in [-0.25, -0.2) is 5.06 Å². The van der Waals surface area contributed by atoms with Crippen LogP contribution in [-0.4, -0.2) is 22.4 Å². The summed E-state index contributed by atoms with van der Waals surface area (Å²) in [6.45, 7) is 0.139. The number of nitrogens with zero attached hydrogens (tertiary/aromatic N) is 2. The number of fused-ring (bicyclic) bond motifs is 1. The van der Waals surface area contributed by atoms with E-state index in [1.807, 2.05) is 0 Å². The Morgan fingerprint density at radius 2 is 1.73 bits per heavy atom. The Morgan fingerprint density at radius 1 is 1.05 bits per heavy atom. The van der Waals surface area contributed by atoms with E-state index in [2.05, 4.69) is 0 Å². The monoisotopic (exact) mass is 338 g/mol. The summed E-state index contributed by atoms with van der Waals surface area (Å²) in [6.07, 6.45) is -1.69. The van der Waals surface area contributed by atoms with Gasteiger partial charge in [0.15, 0.2) is 0 Å². The second kappa shape index (κ2) is 5.78. The molecule has 0 fully saturated rings. The van der Waals surface area contributed by atoms with Gasteiger partial charge in [0.1, 0.15) is 0 Å². The fourth-order valence-corrected chi connectivity index (χ4v) is 2.86. The third kappa shape index (κ3) is 2.42. The molecule has 3 rings (SSSR count). The van der Waals surface area contributed by atoms with Crippen molar-refractivity contribution in [2.75, 3.05) is 9.96 Å². The molecule has 1 aliphatic heterocycles. The van der Waals surface area contributed by atoms with Crippen LogP contribution in [0.5, 0.6) is 0 Å². The van der Waals surface area contributed by atoms with Gasteiger partial charge in [-0.2, -0.15) is 0 Å². The third-order valence-corrected chi connectivity index (χ3v) is 4.16. The molecule has 1 aliphatic rings. The Balaban J connectivity index is 2.09. The summed E-state index contributed by atoms with van der Waals surface area (Å²) >= 11 is 12.3. The molecule has 1 unspecified atom stereocenters. The first-order valence-electron chi connectivity index (χ1n) is 6.50. The Kier molecular flexibility index (Phi) is 3.97. The molecule has 114 valence electrons. The van der Waals surface area contributed by atoms with Crippen molar-refractivity contribution in [3.8, 4) is 0 Å². The predicted octanol–water partition coefficient (Wildman–Crippen LogP) is 3.05. The van der Waals surface area contributed by atoms with Crippen molar-refractivity contribution in [2.24, 2.45) is 0 Å². The molecular formula is C15H12Cl2N2O3. The first kappa shape index (κ1) is 15.1. The van der Waals surface area contributed by atoms with Gasteiger partial charge < -0.3 is 10.0 Å². The van der Waals surface area contributed by atoms with Crippen molar-refractivity contribution in [3.05, 3.63) is 58.1 Å². The second-order valence-electron chi connectivity index (χ2n) is 4.84. The van der Waals surface area contributed by atoms with Crippen LogP contribution in [0.4, 0.5) is 11.4 Å². The summed E-state index contributed by atoms with van der Waals surface area (Å²) in [7, 11) is 0. The number of hydrogen-bond acceptors (Lipinski definition) is 4. The minimum Gasteiger partial charge on any atom is -0.364 e. The summed E-state index contributed by atoms with van der Waals surface area (Å²) < 4.78 is 0. The lowest BCUT2D eigenvalue weighted by atomic mass is 10.1. The Hall–Kier alpha value is -1.79. The molecule has 0 aromatic heterocycles. The number of anilines is 2. The lowest BCUT2D eigenvalue weighted by molar-refractivity contribution is -0.130. The van der Waals surface area contributed by atoms with Gasteiger partial charge in [-0.3, -0.25) is 10.0 Å². The highest BCUT2D eigenvalue weighted by Crippen LogP contribution is 2.41. The van der Waals surface area contributed by atoms with Crippen molar-refractivity contribution in [1.82, 2.24) is 0 Å². The Labute approximate surface area is 136 Å². The molecule has 0 saturated heterocycles. The van der Waals surface area contributed by atoms with Crippen molar-refractivity contribution in [1.29, 1.82) is 0 Å². The first-order valence-corrected chi connectivity index (χ1v) is 7.26. The summed E-state index contributed by atoms with van der Waals surface area (Å²) in [5.74, 6) is -0.678. The minimum absolute atomic E-state index is 0.139. The fourth-order valence-electron chi connectivity index (χ4n) is 2.40. The molecule has 0 spiro atoms. The van der Waals surface area contributed by atoms with Crippen LogP contribution in [0, 0.1) is 0 Å². The number of carbonyl (C=O) groups excluding carboxylic acids is 1. The highest BCUT2D eigenvalue weighted by molar-refractivity contribution is 6.35. The van der Waals surface area contributed by atoms with Gasteiger partial charge in [-0.05, 0) is 23.8 Å². The molecule has 2 aromatic carbocycles. The van der Waals surface area contributed by atoms with Crippen molar-refractivity contribution < 1.29 is 15.1 Å². The standard InChI is InChI=1S/C15H12Cl2N2O3/c16-10-5-2-1-4-9(10)8-18-13-11(17)6-3-7-12(13)19(22)15(21)14(18)20/h1-7,15,21-22H,8H2. The van der Waals surface area contributed by atoms with E-state index in [1.165, 1.54) is 4.90 Å². The number of benzene rings is 2. The zero-order valence-electron chi connectivity index (χ0n) is 11.3. The quantitative estimate of drug-likeness (QED) is 0.883. The number of rotatable bonds is 2. The van der Waals surface area contributed by atoms with E-state index in [4.69, 9.17) is 23.2 Å². The van der Waals surface area contributed by atoms with Gasteiger partial charge in [0.25, 0.3) is 5.91 Å². The lowest BCUT2D eigenvalue weighted by Crippen LogP contribution is -2.52. The van der Waals surface area contributed by atoms with Crippen LogP contribution in [0.2, 0.25) is 10.0 Å². The van der Waals surface area contributed by atoms with Gasteiger partial charge in [0.2, 0.25) is 6.23 Å². The first-order chi connectivity index (χ1) is 10.5. The molecule has 1 heterocycles. The van der Waals surface area contributed by atoms with Crippen molar-refractivity contribution in [2.45, 2.75) is 12.8 Å². The molecule has 5 nitrogen and oxygen atoms in total. The molecule has 7 heteroatoms. The number of aliphatic hydroxyl groups excluding tert-OH is 1.